The Labute approximate surface area is 211 Å². The van der Waals surface area contributed by atoms with Gasteiger partial charge in [-0.1, -0.05) is 23.7 Å². The molecular weight excluding hydrogens is 469 g/mol. The van der Waals surface area contributed by atoms with Gasteiger partial charge in [-0.15, -0.1) is 0 Å². The van der Waals surface area contributed by atoms with Crippen LogP contribution >= 0.6 is 11.6 Å². The smallest absolute Gasteiger partial charge is 0.399 e. The number of hydrogen-bond acceptors (Lipinski definition) is 6. The van der Waals surface area contributed by atoms with Crippen molar-refractivity contribution in [1.29, 1.82) is 0 Å². The molecule has 1 aromatic carbocycles. The van der Waals surface area contributed by atoms with Gasteiger partial charge in [-0.05, 0) is 52.7 Å². The summed E-state index contributed by atoms with van der Waals surface area (Å²) in [7, 11) is -0.631. The van der Waals surface area contributed by atoms with E-state index < -0.39 is 18.3 Å². The Balaban J connectivity index is 1.46. The van der Waals surface area contributed by atoms with Crippen LogP contribution in [0.3, 0.4) is 0 Å². The third-order valence-corrected chi connectivity index (χ3v) is 7.36. The number of carbonyl (C=O) groups excluding carboxylic acids is 2. The lowest BCUT2D eigenvalue weighted by atomic mass is 9.79. The fraction of sp³-hybridized carbons (Fsp3) is 0.542. The Bertz CT molecular complexity index is 1100. The molecule has 0 aliphatic carbocycles. The van der Waals surface area contributed by atoms with Crippen molar-refractivity contribution in [2.24, 2.45) is 0 Å². The second-order valence-corrected chi connectivity index (χ2v) is 10.4. The summed E-state index contributed by atoms with van der Waals surface area (Å²) in [6, 6.07) is 7.29. The summed E-state index contributed by atoms with van der Waals surface area (Å²) in [6.07, 6.45) is 1.89. The SMILES string of the molecule is CC(=O)NCCN[C@@H]1CCCn2nc(C(=O)Nc3cccc(B4OC(C)(C)C(C)(C)O4)c3Cl)cc21. The van der Waals surface area contributed by atoms with Gasteiger partial charge in [0.05, 0.1) is 27.6 Å². The van der Waals surface area contributed by atoms with Gasteiger partial charge in [0, 0.05) is 38.1 Å². The maximum atomic E-state index is 13.1. The predicted molar refractivity (Wildman–Crippen MR) is 136 cm³/mol. The Morgan fingerprint density at radius 3 is 2.60 bits per heavy atom. The van der Waals surface area contributed by atoms with Crippen molar-refractivity contribution in [2.75, 3.05) is 18.4 Å². The van der Waals surface area contributed by atoms with E-state index in [1.165, 1.54) is 6.92 Å². The third kappa shape index (κ3) is 5.40. The fourth-order valence-corrected chi connectivity index (χ4v) is 4.53. The first-order valence-electron chi connectivity index (χ1n) is 12.0. The lowest BCUT2D eigenvalue weighted by Crippen LogP contribution is -2.41. The average Bonchev–Trinajstić information content (AvgIpc) is 3.31. The minimum absolute atomic E-state index is 0.0550. The van der Waals surface area contributed by atoms with Crippen LogP contribution in [0, 0.1) is 0 Å². The molecule has 1 fully saturated rings. The summed E-state index contributed by atoms with van der Waals surface area (Å²) >= 11 is 6.68. The van der Waals surface area contributed by atoms with E-state index in [-0.39, 0.29) is 17.9 Å². The van der Waals surface area contributed by atoms with Crippen molar-refractivity contribution >= 4 is 41.7 Å². The zero-order valence-electron chi connectivity index (χ0n) is 20.9. The molecule has 188 valence electrons. The number of aryl methyl sites for hydroxylation is 1. The van der Waals surface area contributed by atoms with Gasteiger partial charge in [0.25, 0.3) is 5.91 Å². The van der Waals surface area contributed by atoms with Crippen LogP contribution in [-0.4, -0.2) is 53.0 Å². The van der Waals surface area contributed by atoms with Crippen LogP contribution in [0.1, 0.15) is 69.7 Å². The van der Waals surface area contributed by atoms with Gasteiger partial charge >= 0.3 is 7.12 Å². The highest BCUT2D eigenvalue weighted by Gasteiger charge is 2.52. The molecule has 3 heterocycles. The number of carbonyl (C=O) groups is 2. The topological polar surface area (TPSA) is 107 Å². The normalized spacial score (nSPS) is 20.4. The highest BCUT2D eigenvalue weighted by atomic mass is 35.5. The van der Waals surface area contributed by atoms with E-state index in [2.05, 4.69) is 21.0 Å². The lowest BCUT2D eigenvalue weighted by molar-refractivity contribution is -0.118. The van der Waals surface area contributed by atoms with Crippen LogP contribution in [0.15, 0.2) is 24.3 Å². The molecule has 35 heavy (non-hydrogen) atoms. The summed E-state index contributed by atoms with van der Waals surface area (Å²) in [4.78, 5) is 24.2. The first kappa shape index (κ1) is 25.7. The quantitative estimate of drug-likeness (QED) is 0.398. The zero-order chi connectivity index (χ0) is 25.4. The molecule has 1 saturated heterocycles. The standard InChI is InChI=1S/C24H33BClN5O4/c1-15(32)27-11-12-28-17-10-7-13-31-20(17)14-19(30-31)22(33)29-18-9-6-8-16(21(18)26)25-34-23(2,3)24(4,5)35-25/h6,8-9,14,17,28H,7,10-13H2,1-5H3,(H,27,32)(H,29,33)/t17-/m1/s1. The second-order valence-electron chi connectivity index (χ2n) is 10.1. The van der Waals surface area contributed by atoms with Crippen LogP contribution in [0.4, 0.5) is 5.69 Å². The van der Waals surface area contributed by atoms with Crippen LogP contribution in [-0.2, 0) is 20.6 Å². The molecule has 1 atom stereocenters. The highest BCUT2D eigenvalue weighted by Crippen LogP contribution is 2.37. The Kier molecular flexibility index (Phi) is 7.29. The van der Waals surface area contributed by atoms with Crippen molar-refractivity contribution in [3.8, 4) is 0 Å². The summed E-state index contributed by atoms with van der Waals surface area (Å²) < 4.78 is 14.1. The molecule has 3 N–H and O–H groups in total. The monoisotopic (exact) mass is 501 g/mol. The Hall–Kier alpha value is -2.40. The van der Waals surface area contributed by atoms with Crippen molar-refractivity contribution in [1.82, 2.24) is 20.4 Å². The van der Waals surface area contributed by atoms with Crippen LogP contribution in [0.25, 0.3) is 0 Å². The van der Waals surface area contributed by atoms with E-state index >= 15 is 0 Å². The molecule has 1 aromatic heterocycles. The van der Waals surface area contributed by atoms with Crippen molar-refractivity contribution < 1.29 is 18.9 Å². The minimum atomic E-state index is -0.631. The first-order valence-corrected chi connectivity index (χ1v) is 12.4. The van der Waals surface area contributed by atoms with Crippen LogP contribution < -0.4 is 21.4 Å². The number of halogens is 1. The van der Waals surface area contributed by atoms with E-state index in [1.807, 2.05) is 50.6 Å². The summed E-state index contributed by atoms with van der Waals surface area (Å²) in [5.41, 5.74) is 1.43. The molecular formula is C24H33BClN5O4. The zero-order valence-corrected chi connectivity index (χ0v) is 21.7. The lowest BCUT2D eigenvalue weighted by Gasteiger charge is -2.32. The summed E-state index contributed by atoms with van der Waals surface area (Å²) in [5, 5.41) is 14.0. The Morgan fingerprint density at radius 1 is 1.20 bits per heavy atom. The number of fused-ring (bicyclic) bond motifs is 1. The van der Waals surface area contributed by atoms with E-state index in [9.17, 15) is 9.59 Å². The first-order chi connectivity index (χ1) is 16.5. The number of benzene rings is 1. The van der Waals surface area contributed by atoms with Gasteiger partial charge in [-0.25, -0.2) is 0 Å². The molecule has 2 aliphatic rings. The number of nitrogens with one attached hydrogen (secondary N) is 3. The van der Waals surface area contributed by atoms with Gasteiger partial charge in [0.1, 0.15) is 0 Å². The summed E-state index contributed by atoms with van der Waals surface area (Å²) in [5.74, 6) is -0.391. The molecule has 9 nitrogen and oxygen atoms in total. The maximum Gasteiger partial charge on any atom is 0.496 e. The molecule has 2 amide bonds. The van der Waals surface area contributed by atoms with Gasteiger partial charge in [-0.3, -0.25) is 14.3 Å². The molecule has 0 radical (unpaired) electrons. The highest BCUT2D eigenvalue weighted by molar-refractivity contribution is 6.66. The van der Waals surface area contributed by atoms with Gasteiger partial charge < -0.3 is 25.3 Å². The van der Waals surface area contributed by atoms with E-state index in [4.69, 9.17) is 20.9 Å². The van der Waals surface area contributed by atoms with Crippen LogP contribution in [0.5, 0.6) is 0 Å². The molecule has 0 unspecified atom stereocenters. The maximum absolute atomic E-state index is 13.1. The minimum Gasteiger partial charge on any atom is -0.399 e. The second kappa shape index (κ2) is 9.93. The molecule has 0 saturated carbocycles. The average molecular weight is 502 g/mol. The van der Waals surface area contributed by atoms with E-state index in [1.54, 1.807) is 6.07 Å². The van der Waals surface area contributed by atoms with Crippen LogP contribution in [0.2, 0.25) is 5.02 Å². The van der Waals surface area contributed by atoms with Gasteiger partial charge in [-0.2, -0.15) is 5.10 Å². The van der Waals surface area contributed by atoms with Gasteiger partial charge in [0.15, 0.2) is 5.69 Å². The molecule has 11 heteroatoms. The van der Waals surface area contributed by atoms with Crippen molar-refractivity contribution in [2.45, 2.75) is 71.2 Å². The van der Waals surface area contributed by atoms with Crippen molar-refractivity contribution in [3.05, 3.63) is 40.7 Å². The predicted octanol–water partition coefficient (Wildman–Crippen LogP) is 2.65. The largest absolute Gasteiger partial charge is 0.496 e. The van der Waals surface area contributed by atoms with Crippen molar-refractivity contribution in [3.63, 3.8) is 0 Å². The number of nitrogens with zero attached hydrogens (tertiary/aromatic N) is 2. The molecule has 0 bridgehead atoms. The fourth-order valence-electron chi connectivity index (χ4n) is 4.27. The number of anilines is 1. The molecule has 0 spiro atoms. The van der Waals surface area contributed by atoms with E-state index in [0.717, 1.165) is 25.1 Å². The third-order valence-electron chi connectivity index (χ3n) is 6.94. The number of hydrogen-bond donors (Lipinski definition) is 3. The molecule has 4 rings (SSSR count). The number of amides is 2. The molecule has 2 aromatic rings. The van der Waals surface area contributed by atoms with E-state index in [0.29, 0.717) is 35.0 Å². The summed E-state index contributed by atoms with van der Waals surface area (Å²) in [6.45, 7) is 11.4. The number of aromatic nitrogens is 2. The van der Waals surface area contributed by atoms with Gasteiger partial charge in [0.2, 0.25) is 5.91 Å². The Morgan fingerprint density at radius 2 is 1.91 bits per heavy atom. The molecule has 2 aliphatic heterocycles. The number of rotatable bonds is 7.